The number of halogens is 1. The number of anilines is 1. The van der Waals surface area contributed by atoms with Gasteiger partial charge in [-0.25, -0.2) is 4.79 Å². The zero-order valence-electron chi connectivity index (χ0n) is 12.2. The molecule has 110 valence electrons. The first kappa shape index (κ1) is 16.7. The molecule has 1 aromatic carbocycles. The Kier molecular flexibility index (Phi) is 6.20. The van der Waals surface area contributed by atoms with Crippen molar-refractivity contribution in [2.24, 2.45) is 11.8 Å². The van der Waals surface area contributed by atoms with Crippen LogP contribution in [0.15, 0.2) is 22.7 Å². The molecule has 1 unspecified atom stereocenters. The van der Waals surface area contributed by atoms with Crippen molar-refractivity contribution in [3.8, 4) is 0 Å². The number of nitrogens with one attached hydrogen (secondary N) is 1. The predicted octanol–water partition coefficient (Wildman–Crippen LogP) is 3.86. The lowest BCUT2D eigenvalue weighted by Crippen LogP contribution is -2.24. The number of carbonyl (C=O) groups excluding carboxylic acids is 2. The molecule has 0 bridgehead atoms. The van der Waals surface area contributed by atoms with Gasteiger partial charge in [0.1, 0.15) is 0 Å². The maximum absolute atomic E-state index is 12.0. The zero-order valence-corrected chi connectivity index (χ0v) is 13.8. The quantitative estimate of drug-likeness (QED) is 0.827. The van der Waals surface area contributed by atoms with Crippen LogP contribution in [0, 0.1) is 11.8 Å². The highest BCUT2D eigenvalue weighted by atomic mass is 79.9. The van der Waals surface area contributed by atoms with Crippen LogP contribution >= 0.6 is 15.9 Å². The summed E-state index contributed by atoms with van der Waals surface area (Å²) in [6.45, 7) is 7.99. The van der Waals surface area contributed by atoms with Crippen LogP contribution in [0.2, 0.25) is 0 Å². The summed E-state index contributed by atoms with van der Waals surface area (Å²) < 4.78 is 5.59. The Hall–Kier alpha value is -1.36. The fourth-order valence-electron chi connectivity index (χ4n) is 1.51. The molecule has 0 fully saturated rings. The van der Waals surface area contributed by atoms with Crippen molar-refractivity contribution in [3.05, 3.63) is 28.2 Å². The van der Waals surface area contributed by atoms with Gasteiger partial charge in [-0.3, -0.25) is 4.79 Å². The third kappa shape index (κ3) is 4.34. The van der Waals surface area contributed by atoms with Crippen LogP contribution in [0.5, 0.6) is 0 Å². The van der Waals surface area contributed by atoms with Gasteiger partial charge in [-0.15, -0.1) is 0 Å². The van der Waals surface area contributed by atoms with Crippen LogP contribution in [-0.4, -0.2) is 18.5 Å². The summed E-state index contributed by atoms with van der Waals surface area (Å²) in [6, 6.07) is 4.98. The molecule has 0 radical (unpaired) electrons. The van der Waals surface area contributed by atoms with Gasteiger partial charge in [0.15, 0.2) is 0 Å². The molecule has 4 nitrogen and oxygen atoms in total. The largest absolute Gasteiger partial charge is 0.462 e. The minimum atomic E-state index is -0.373. The molecule has 1 amide bonds. The Labute approximate surface area is 128 Å². The fourth-order valence-corrected chi connectivity index (χ4v) is 1.99. The van der Waals surface area contributed by atoms with Crippen LogP contribution in [0.1, 0.15) is 38.1 Å². The standard InChI is InChI=1S/C15H20BrNO3/c1-5-20-15(19)11-6-7-13(12(16)8-11)17-14(18)10(4)9(2)3/h6-10H,5H2,1-4H3,(H,17,18). The smallest absolute Gasteiger partial charge is 0.338 e. The number of esters is 1. The van der Waals surface area contributed by atoms with Crippen molar-refractivity contribution < 1.29 is 14.3 Å². The molecule has 0 heterocycles. The predicted molar refractivity (Wildman–Crippen MR) is 82.7 cm³/mol. The molecule has 0 aromatic heterocycles. The first-order chi connectivity index (χ1) is 9.36. The van der Waals surface area contributed by atoms with E-state index >= 15 is 0 Å². The Bertz CT molecular complexity index is 500. The molecule has 0 aliphatic rings. The number of benzene rings is 1. The topological polar surface area (TPSA) is 55.4 Å². The molecule has 0 saturated carbocycles. The first-order valence-electron chi connectivity index (χ1n) is 6.64. The van der Waals surface area contributed by atoms with Crippen molar-refractivity contribution in [2.45, 2.75) is 27.7 Å². The second-order valence-corrected chi connectivity index (χ2v) is 5.79. The molecular weight excluding hydrogens is 322 g/mol. The molecule has 1 N–H and O–H groups in total. The summed E-state index contributed by atoms with van der Waals surface area (Å²) in [6.07, 6.45) is 0. The van der Waals surface area contributed by atoms with Crippen molar-refractivity contribution in [3.63, 3.8) is 0 Å². The highest BCUT2D eigenvalue weighted by molar-refractivity contribution is 9.10. The maximum Gasteiger partial charge on any atom is 0.338 e. The number of amides is 1. The molecule has 1 atom stereocenters. The van der Waals surface area contributed by atoms with E-state index in [4.69, 9.17) is 4.74 Å². The van der Waals surface area contributed by atoms with E-state index < -0.39 is 0 Å². The monoisotopic (exact) mass is 341 g/mol. The van der Waals surface area contributed by atoms with Crippen LogP contribution < -0.4 is 5.32 Å². The van der Waals surface area contributed by atoms with E-state index in [0.29, 0.717) is 22.3 Å². The maximum atomic E-state index is 12.0. The second kappa shape index (κ2) is 7.43. The molecule has 0 spiro atoms. The molecule has 20 heavy (non-hydrogen) atoms. The van der Waals surface area contributed by atoms with Gasteiger partial charge in [0, 0.05) is 10.4 Å². The van der Waals surface area contributed by atoms with Gasteiger partial charge in [-0.05, 0) is 47.0 Å². The van der Waals surface area contributed by atoms with E-state index in [1.165, 1.54) is 0 Å². The Balaban J connectivity index is 2.84. The van der Waals surface area contributed by atoms with E-state index in [1.807, 2.05) is 20.8 Å². The van der Waals surface area contributed by atoms with Crippen molar-refractivity contribution in [2.75, 3.05) is 11.9 Å². The van der Waals surface area contributed by atoms with E-state index in [-0.39, 0.29) is 23.7 Å². The number of hydrogen-bond donors (Lipinski definition) is 1. The highest BCUT2D eigenvalue weighted by Crippen LogP contribution is 2.25. The average Bonchev–Trinajstić information content (AvgIpc) is 2.40. The zero-order chi connectivity index (χ0) is 15.3. The van der Waals surface area contributed by atoms with Crippen LogP contribution in [0.3, 0.4) is 0 Å². The molecule has 0 saturated heterocycles. The van der Waals surface area contributed by atoms with E-state index in [9.17, 15) is 9.59 Å². The Morgan fingerprint density at radius 1 is 1.30 bits per heavy atom. The van der Waals surface area contributed by atoms with Gasteiger partial charge >= 0.3 is 5.97 Å². The van der Waals surface area contributed by atoms with E-state index in [1.54, 1.807) is 25.1 Å². The summed E-state index contributed by atoms with van der Waals surface area (Å²) in [5, 5.41) is 2.85. The highest BCUT2D eigenvalue weighted by Gasteiger charge is 2.18. The molecule has 1 rings (SSSR count). The van der Waals surface area contributed by atoms with E-state index in [2.05, 4.69) is 21.2 Å². The number of ether oxygens (including phenoxy) is 1. The Morgan fingerprint density at radius 3 is 2.45 bits per heavy atom. The Morgan fingerprint density at radius 2 is 1.95 bits per heavy atom. The average molecular weight is 342 g/mol. The molecule has 5 heteroatoms. The lowest BCUT2D eigenvalue weighted by Gasteiger charge is -2.16. The normalized spacial score (nSPS) is 12.1. The first-order valence-corrected chi connectivity index (χ1v) is 7.43. The van der Waals surface area contributed by atoms with Crippen molar-refractivity contribution >= 4 is 33.5 Å². The molecular formula is C15H20BrNO3. The number of rotatable bonds is 5. The van der Waals surface area contributed by atoms with E-state index in [0.717, 1.165) is 0 Å². The SMILES string of the molecule is CCOC(=O)c1ccc(NC(=O)C(C)C(C)C)c(Br)c1. The summed E-state index contributed by atoms with van der Waals surface area (Å²) >= 11 is 3.36. The van der Waals surface area contributed by atoms with Crippen molar-refractivity contribution in [1.29, 1.82) is 0 Å². The van der Waals surface area contributed by atoms with Crippen LogP contribution in [0.25, 0.3) is 0 Å². The summed E-state index contributed by atoms with van der Waals surface area (Å²) in [5.41, 5.74) is 1.10. The van der Waals surface area contributed by atoms with Gasteiger partial charge < -0.3 is 10.1 Å². The summed E-state index contributed by atoms with van der Waals surface area (Å²) in [7, 11) is 0. The summed E-state index contributed by atoms with van der Waals surface area (Å²) in [4.78, 5) is 23.6. The number of hydrogen-bond acceptors (Lipinski definition) is 3. The minimum Gasteiger partial charge on any atom is -0.462 e. The molecule has 0 aliphatic carbocycles. The van der Waals surface area contributed by atoms with Gasteiger partial charge in [0.2, 0.25) is 5.91 Å². The third-order valence-corrected chi connectivity index (χ3v) is 3.81. The van der Waals surface area contributed by atoms with Gasteiger partial charge in [0.05, 0.1) is 17.9 Å². The van der Waals surface area contributed by atoms with Crippen LogP contribution in [0.4, 0.5) is 5.69 Å². The summed E-state index contributed by atoms with van der Waals surface area (Å²) in [5.74, 6) is -0.217. The van der Waals surface area contributed by atoms with Crippen molar-refractivity contribution in [1.82, 2.24) is 0 Å². The lowest BCUT2D eigenvalue weighted by molar-refractivity contribution is -0.120. The third-order valence-electron chi connectivity index (χ3n) is 3.15. The second-order valence-electron chi connectivity index (χ2n) is 4.94. The van der Waals surface area contributed by atoms with Gasteiger partial charge in [0.25, 0.3) is 0 Å². The van der Waals surface area contributed by atoms with Gasteiger partial charge in [-0.2, -0.15) is 0 Å². The lowest BCUT2D eigenvalue weighted by atomic mass is 9.97. The minimum absolute atomic E-state index is 0.0374. The molecule has 0 aliphatic heterocycles. The van der Waals surface area contributed by atoms with Crippen LogP contribution in [-0.2, 0) is 9.53 Å². The van der Waals surface area contributed by atoms with Gasteiger partial charge in [-0.1, -0.05) is 20.8 Å². The molecule has 1 aromatic rings. The fraction of sp³-hybridized carbons (Fsp3) is 0.467. The number of carbonyl (C=O) groups is 2.